The van der Waals surface area contributed by atoms with Crippen LogP contribution in [0.15, 0.2) is 0 Å². The molecule has 0 saturated heterocycles. The molecule has 0 aliphatic heterocycles. The summed E-state index contributed by atoms with van der Waals surface area (Å²) >= 11 is 0. The summed E-state index contributed by atoms with van der Waals surface area (Å²) < 4.78 is 0. The van der Waals surface area contributed by atoms with Crippen LogP contribution < -0.4 is 56.1 Å². The first kappa shape index (κ1) is 212. The van der Waals surface area contributed by atoms with Crippen molar-refractivity contribution in [3.05, 3.63) is 0 Å². The summed E-state index contributed by atoms with van der Waals surface area (Å²) in [5, 5.41) is 0. The summed E-state index contributed by atoms with van der Waals surface area (Å²) in [5.74, 6) is 0. The van der Waals surface area contributed by atoms with Gasteiger partial charge in [0, 0.05) is 0 Å². The number of hydrogen-bond donors (Lipinski definition) is 0. The van der Waals surface area contributed by atoms with Crippen LogP contribution in [0.2, 0.25) is 0 Å². The molecule has 0 aromatic rings. The Morgan fingerprint density at radius 1 is 0.571 bits per heavy atom. The fourth-order valence-electron chi connectivity index (χ4n) is 0. The predicted molar refractivity (Wildman–Crippen MR) is 21.3 cm³/mol. The average molecular weight is 170 g/mol. The summed E-state index contributed by atoms with van der Waals surface area (Å²) in [6, 6.07) is 0. The Morgan fingerprint density at radius 2 is 0.571 bits per heavy atom. The van der Waals surface area contributed by atoms with Crippen molar-refractivity contribution in [1.29, 1.82) is 0 Å². The molecule has 0 aromatic heterocycles. The fraction of sp³-hybridized carbons (Fsp3) is 0. The zero-order chi connectivity index (χ0) is 0. The van der Waals surface area contributed by atoms with E-state index >= 15 is 0 Å². The zero-order valence-electron chi connectivity index (χ0n) is 3.01. The van der Waals surface area contributed by atoms with E-state index in [4.69, 9.17) is 0 Å². The maximum atomic E-state index is 0. The standard InChI is InChI=1S/5FH.K.H4Si/h5*1H;;1H4/q;;;;;+1;/p-1. The number of hydrogen-bond acceptors (Lipinski definition) is 0. The van der Waals surface area contributed by atoms with E-state index in [9.17, 15) is 0 Å². The van der Waals surface area contributed by atoms with Gasteiger partial charge in [-0.25, -0.2) is 0 Å². The summed E-state index contributed by atoms with van der Waals surface area (Å²) in [6.07, 6.45) is 0. The minimum Gasteiger partial charge on any atom is -1.00 e. The summed E-state index contributed by atoms with van der Waals surface area (Å²) in [7, 11) is 0. The van der Waals surface area contributed by atoms with Crippen molar-refractivity contribution in [3.63, 3.8) is 0 Å². The quantitative estimate of drug-likeness (QED) is 0.250. The van der Waals surface area contributed by atoms with Crippen LogP contribution in [0.1, 0.15) is 0 Å². The minimum absolute atomic E-state index is 0. The Labute approximate surface area is 84.7 Å². The van der Waals surface area contributed by atoms with Gasteiger partial charge in [0.1, 0.15) is 0 Å². The topological polar surface area (TPSA) is 0 Å². The van der Waals surface area contributed by atoms with Crippen LogP contribution in [0, 0.1) is 0 Å². The molecular formula is H8F5KSi. The Balaban J connectivity index is 0. The normalized spacial score (nSPS) is 0. The molecule has 0 N–H and O–H groups in total. The molecule has 0 spiro atoms. The van der Waals surface area contributed by atoms with E-state index in [2.05, 4.69) is 0 Å². The van der Waals surface area contributed by atoms with Crippen LogP contribution in [0.3, 0.4) is 0 Å². The maximum Gasteiger partial charge on any atom is 1.00 e. The van der Waals surface area contributed by atoms with Crippen molar-refractivity contribution >= 4 is 11.0 Å². The van der Waals surface area contributed by atoms with Crippen LogP contribution in [-0.2, 0) is 0 Å². The molecule has 0 unspecified atom stereocenters. The molecule has 0 amide bonds. The van der Waals surface area contributed by atoms with Crippen molar-refractivity contribution in [3.8, 4) is 0 Å². The first-order chi connectivity index (χ1) is 0. The summed E-state index contributed by atoms with van der Waals surface area (Å²) in [6.45, 7) is 0. The fourth-order valence-corrected chi connectivity index (χ4v) is 0. The van der Waals surface area contributed by atoms with E-state index in [-0.39, 0.29) is 85.9 Å². The van der Waals surface area contributed by atoms with Gasteiger partial charge in [-0.15, -0.1) is 0 Å². The van der Waals surface area contributed by atoms with Crippen molar-refractivity contribution in [2.45, 2.75) is 0 Å². The molecule has 0 fully saturated rings. The number of rotatable bonds is 0. The van der Waals surface area contributed by atoms with Crippen molar-refractivity contribution in [2.75, 3.05) is 0 Å². The molecular weight excluding hydrogens is 162 g/mol. The molecule has 0 saturated carbocycles. The minimum atomic E-state index is 0. The second-order valence-electron chi connectivity index (χ2n) is 0. The Hall–Kier alpha value is 1.50. The van der Waals surface area contributed by atoms with E-state index < -0.39 is 0 Å². The van der Waals surface area contributed by atoms with Crippen molar-refractivity contribution < 1.29 is 74.9 Å². The molecule has 7 heavy (non-hydrogen) atoms. The zero-order valence-corrected chi connectivity index (χ0v) is 6.13. The van der Waals surface area contributed by atoms with Gasteiger partial charge >= 0.3 is 51.4 Å². The molecule has 0 aliphatic carbocycles. The van der Waals surface area contributed by atoms with E-state index in [1.54, 1.807) is 0 Å². The maximum absolute atomic E-state index is 0. The van der Waals surface area contributed by atoms with Gasteiger partial charge in [-0.1, -0.05) is 0 Å². The SMILES string of the molecule is F.F.F.F.[F-].[K+].[SiH4]. The third-order valence-corrected chi connectivity index (χ3v) is 0. The van der Waals surface area contributed by atoms with Gasteiger partial charge in [0.2, 0.25) is 0 Å². The smallest absolute Gasteiger partial charge is 1.00 e. The van der Waals surface area contributed by atoms with Crippen LogP contribution in [0.5, 0.6) is 0 Å². The largest absolute Gasteiger partial charge is 1.00 e. The van der Waals surface area contributed by atoms with Crippen LogP contribution >= 0.6 is 0 Å². The van der Waals surface area contributed by atoms with E-state index in [0.717, 1.165) is 0 Å². The Kier molecular flexibility index (Phi) is 4250. The van der Waals surface area contributed by atoms with Gasteiger partial charge in [0.25, 0.3) is 0 Å². The van der Waals surface area contributed by atoms with Crippen molar-refractivity contribution in [1.82, 2.24) is 0 Å². The Bertz CT molecular complexity index is 8.04. The molecule has 0 heterocycles. The number of halogens is 5. The van der Waals surface area contributed by atoms with Crippen LogP contribution in [0.4, 0.5) is 18.8 Å². The monoisotopic (exact) mass is 170 g/mol. The van der Waals surface area contributed by atoms with Gasteiger partial charge in [0.05, 0.1) is 0 Å². The van der Waals surface area contributed by atoms with Gasteiger partial charge in [-0.05, 0) is 11.0 Å². The molecule has 0 aromatic carbocycles. The molecule has 0 radical (unpaired) electrons. The Morgan fingerprint density at radius 3 is 0.571 bits per heavy atom. The van der Waals surface area contributed by atoms with Crippen molar-refractivity contribution in [2.24, 2.45) is 0 Å². The predicted octanol–water partition coefficient (Wildman–Crippen LogP) is -6.83. The molecule has 0 bridgehead atoms. The molecule has 0 rings (SSSR count). The van der Waals surface area contributed by atoms with E-state index in [1.165, 1.54) is 0 Å². The molecule has 0 atom stereocenters. The van der Waals surface area contributed by atoms with Gasteiger partial charge in [-0.3, -0.25) is 18.8 Å². The molecule has 0 aliphatic rings. The van der Waals surface area contributed by atoms with Gasteiger partial charge in [0.15, 0.2) is 0 Å². The van der Waals surface area contributed by atoms with E-state index in [0.29, 0.717) is 0 Å². The summed E-state index contributed by atoms with van der Waals surface area (Å²) in [4.78, 5) is 0. The second-order valence-corrected chi connectivity index (χ2v) is 0. The molecule has 48 valence electrons. The summed E-state index contributed by atoms with van der Waals surface area (Å²) in [5.41, 5.74) is 0. The van der Waals surface area contributed by atoms with Gasteiger partial charge < -0.3 is 4.70 Å². The van der Waals surface area contributed by atoms with Gasteiger partial charge in [-0.2, -0.15) is 0 Å². The third kappa shape index (κ3) is 101. The molecule has 7 heteroatoms. The average Bonchev–Trinajstić information content (AvgIpc) is 0. The van der Waals surface area contributed by atoms with Crippen LogP contribution in [0.25, 0.3) is 0 Å². The van der Waals surface area contributed by atoms with E-state index in [1.807, 2.05) is 0 Å². The van der Waals surface area contributed by atoms with Crippen LogP contribution in [-0.4, -0.2) is 11.0 Å². The first-order valence-corrected chi connectivity index (χ1v) is 0. The molecule has 0 nitrogen and oxygen atoms in total. The first-order valence-electron chi connectivity index (χ1n) is 0. The third-order valence-electron chi connectivity index (χ3n) is 0. The second kappa shape index (κ2) is 140.